The van der Waals surface area contributed by atoms with Gasteiger partial charge in [0, 0.05) is 12.7 Å². The van der Waals surface area contributed by atoms with Crippen molar-refractivity contribution in [3.05, 3.63) is 46.9 Å². The molecule has 3 nitrogen and oxygen atoms in total. The highest BCUT2D eigenvalue weighted by atomic mass is 35.5. The summed E-state index contributed by atoms with van der Waals surface area (Å²) in [5, 5.41) is 3.68. The molecule has 0 spiro atoms. The van der Waals surface area contributed by atoms with Gasteiger partial charge in [-0.05, 0) is 47.2 Å². The van der Waals surface area contributed by atoms with Crippen LogP contribution in [-0.2, 0) is 4.74 Å². The van der Waals surface area contributed by atoms with Crippen molar-refractivity contribution in [3.63, 3.8) is 0 Å². The number of ether oxygens (including phenoxy) is 2. The Labute approximate surface area is 125 Å². The molecule has 102 valence electrons. The van der Waals surface area contributed by atoms with Crippen LogP contribution in [0.4, 0.5) is 0 Å². The summed E-state index contributed by atoms with van der Waals surface area (Å²) in [5.41, 5.74) is 1.86. The third kappa shape index (κ3) is 2.63. The number of methoxy groups -OCH3 is 1. The first-order chi connectivity index (χ1) is 9.78. The molecule has 0 aliphatic rings. The van der Waals surface area contributed by atoms with Gasteiger partial charge < -0.3 is 9.47 Å². The summed E-state index contributed by atoms with van der Waals surface area (Å²) in [4.78, 5) is 4.45. The number of fused-ring (bicyclic) bond motifs is 1. The molecule has 0 saturated carbocycles. The van der Waals surface area contributed by atoms with Crippen LogP contribution in [0.5, 0.6) is 5.75 Å². The van der Waals surface area contributed by atoms with Crippen LogP contribution >= 0.6 is 22.9 Å². The SMILES string of the molecule is COCOc1ccc(-c2cc3ccsc3c(Cl)n2)cc1. The van der Waals surface area contributed by atoms with Crippen LogP contribution in [-0.4, -0.2) is 18.9 Å². The van der Waals surface area contributed by atoms with E-state index in [4.69, 9.17) is 21.1 Å². The molecule has 20 heavy (non-hydrogen) atoms. The number of nitrogens with zero attached hydrogens (tertiary/aromatic N) is 1. The Morgan fingerprint density at radius 3 is 2.75 bits per heavy atom. The van der Waals surface area contributed by atoms with Crippen molar-refractivity contribution >= 4 is 33.0 Å². The summed E-state index contributed by atoms with van der Waals surface area (Å²) in [5.74, 6) is 0.762. The van der Waals surface area contributed by atoms with Crippen LogP contribution in [0.3, 0.4) is 0 Å². The number of pyridine rings is 1. The molecule has 5 heteroatoms. The van der Waals surface area contributed by atoms with Crippen LogP contribution in [0.1, 0.15) is 0 Å². The van der Waals surface area contributed by atoms with E-state index in [0.29, 0.717) is 5.15 Å². The third-order valence-electron chi connectivity index (χ3n) is 2.89. The lowest BCUT2D eigenvalue weighted by Crippen LogP contribution is -1.98. The Hall–Kier alpha value is -1.62. The molecule has 0 fully saturated rings. The van der Waals surface area contributed by atoms with E-state index in [9.17, 15) is 0 Å². The fourth-order valence-electron chi connectivity index (χ4n) is 1.93. The van der Waals surface area contributed by atoms with Gasteiger partial charge in [-0.3, -0.25) is 0 Å². The van der Waals surface area contributed by atoms with E-state index in [1.54, 1.807) is 18.4 Å². The summed E-state index contributed by atoms with van der Waals surface area (Å²) in [6.45, 7) is 0.240. The number of rotatable bonds is 4. The van der Waals surface area contributed by atoms with Crippen LogP contribution in [0, 0.1) is 0 Å². The lowest BCUT2D eigenvalue weighted by molar-refractivity contribution is 0.0511. The summed E-state index contributed by atoms with van der Waals surface area (Å²) in [6, 6.07) is 11.8. The standard InChI is InChI=1S/C15H12ClNO2S/c1-18-9-19-12-4-2-10(3-5-12)13-8-11-6-7-20-14(11)15(16)17-13/h2-8H,9H2,1H3. The monoisotopic (exact) mass is 305 g/mol. The predicted molar refractivity (Wildman–Crippen MR) is 82.6 cm³/mol. The third-order valence-corrected chi connectivity index (χ3v) is 4.21. The van der Waals surface area contributed by atoms with Gasteiger partial charge in [0.25, 0.3) is 0 Å². The van der Waals surface area contributed by atoms with Gasteiger partial charge >= 0.3 is 0 Å². The van der Waals surface area contributed by atoms with E-state index in [1.165, 1.54) is 0 Å². The second-order valence-corrected chi connectivity index (χ2v) is 5.49. The number of benzene rings is 1. The highest BCUT2D eigenvalue weighted by molar-refractivity contribution is 7.17. The van der Waals surface area contributed by atoms with Crippen molar-refractivity contribution < 1.29 is 9.47 Å². The van der Waals surface area contributed by atoms with Crippen molar-refractivity contribution in [3.8, 4) is 17.0 Å². The predicted octanol–water partition coefficient (Wildman–Crippen LogP) is 4.60. The van der Waals surface area contributed by atoms with Crippen molar-refractivity contribution in [2.75, 3.05) is 13.9 Å². The van der Waals surface area contributed by atoms with Crippen LogP contribution in [0.25, 0.3) is 21.3 Å². The normalized spacial score (nSPS) is 10.9. The Morgan fingerprint density at radius 1 is 1.20 bits per heavy atom. The summed E-state index contributed by atoms with van der Waals surface area (Å²) in [7, 11) is 1.59. The highest BCUT2D eigenvalue weighted by Gasteiger charge is 2.07. The van der Waals surface area contributed by atoms with E-state index >= 15 is 0 Å². The van der Waals surface area contributed by atoms with Crippen LogP contribution in [0.2, 0.25) is 5.15 Å². The molecular formula is C15H12ClNO2S. The molecular weight excluding hydrogens is 294 g/mol. The summed E-state index contributed by atoms with van der Waals surface area (Å²) in [6.07, 6.45) is 0. The largest absolute Gasteiger partial charge is 0.468 e. The maximum Gasteiger partial charge on any atom is 0.188 e. The molecule has 0 unspecified atom stereocenters. The molecule has 2 aromatic heterocycles. The average Bonchev–Trinajstić information content (AvgIpc) is 2.94. The number of thiophene rings is 1. The lowest BCUT2D eigenvalue weighted by atomic mass is 10.1. The molecule has 0 aliphatic heterocycles. The van der Waals surface area contributed by atoms with Gasteiger partial charge in [0.05, 0.1) is 10.4 Å². The molecule has 0 aliphatic carbocycles. The second kappa shape index (κ2) is 5.79. The van der Waals surface area contributed by atoms with Gasteiger partial charge in [0.1, 0.15) is 10.9 Å². The number of hydrogen-bond acceptors (Lipinski definition) is 4. The molecule has 0 N–H and O–H groups in total. The van der Waals surface area contributed by atoms with Crippen molar-refractivity contribution in [1.82, 2.24) is 4.98 Å². The topological polar surface area (TPSA) is 31.4 Å². The second-order valence-electron chi connectivity index (χ2n) is 4.21. The molecule has 0 radical (unpaired) electrons. The quantitative estimate of drug-likeness (QED) is 0.521. The van der Waals surface area contributed by atoms with E-state index in [0.717, 1.165) is 27.1 Å². The molecule has 1 aromatic carbocycles. The Morgan fingerprint density at radius 2 is 2.00 bits per heavy atom. The Balaban J connectivity index is 1.94. The molecule has 0 saturated heterocycles. The van der Waals surface area contributed by atoms with Gasteiger partial charge in [-0.15, -0.1) is 11.3 Å². The van der Waals surface area contributed by atoms with Crippen molar-refractivity contribution in [1.29, 1.82) is 0 Å². The maximum absolute atomic E-state index is 6.21. The molecule has 0 atom stereocenters. The number of hydrogen-bond donors (Lipinski definition) is 0. The fraction of sp³-hybridized carbons (Fsp3) is 0.133. The summed E-state index contributed by atoms with van der Waals surface area (Å²) >= 11 is 7.81. The van der Waals surface area contributed by atoms with E-state index in [1.807, 2.05) is 41.8 Å². The average molecular weight is 306 g/mol. The van der Waals surface area contributed by atoms with E-state index in [2.05, 4.69) is 4.98 Å². The Bertz CT molecular complexity index is 724. The van der Waals surface area contributed by atoms with Gasteiger partial charge in [-0.1, -0.05) is 11.6 Å². The molecule has 0 bridgehead atoms. The minimum Gasteiger partial charge on any atom is -0.468 e. The van der Waals surface area contributed by atoms with E-state index in [-0.39, 0.29) is 6.79 Å². The zero-order valence-electron chi connectivity index (χ0n) is 10.8. The first-order valence-corrected chi connectivity index (χ1v) is 7.29. The van der Waals surface area contributed by atoms with Crippen LogP contribution in [0.15, 0.2) is 41.8 Å². The van der Waals surface area contributed by atoms with Gasteiger partial charge in [0.15, 0.2) is 6.79 Å². The van der Waals surface area contributed by atoms with E-state index < -0.39 is 0 Å². The fourth-order valence-corrected chi connectivity index (χ4v) is 3.02. The number of halogens is 1. The lowest BCUT2D eigenvalue weighted by Gasteiger charge is -2.06. The zero-order chi connectivity index (χ0) is 13.9. The molecule has 3 aromatic rings. The van der Waals surface area contributed by atoms with Crippen molar-refractivity contribution in [2.24, 2.45) is 0 Å². The highest BCUT2D eigenvalue weighted by Crippen LogP contribution is 2.31. The smallest absolute Gasteiger partial charge is 0.188 e. The van der Waals surface area contributed by atoms with Gasteiger partial charge in [0.2, 0.25) is 0 Å². The van der Waals surface area contributed by atoms with Crippen molar-refractivity contribution in [2.45, 2.75) is 0 Å². The molecule has 2 heterocycles. The minimum absolute atomic E-state index is 0.240. The summed E-state index contributed by atoms with van der Waals surface area (Å²) < 4.78 is 11.2. The minimum atomic E-state index is 0.240. The van der Waals surface area contributed by atoms with Gasteiger partial charge in [-0.2, -0.15) is 0 Å². The molecule has 0 amide bonds. The molecule has 3 rings (SSSR count). The number of aromatic nitrogens is 1. The van der Waals surface area contributed by atoms with Gasteiger partial charge in [-0.25, -0.2) is 4.98 Å². The zero-order valence-corrected chi connectivity index (χ0v) is 12.4. The first-order valence-electron chi connectivity index (χ1n) is 6.04. The van der Waals surface area contributed by atoms with Crippen LogP contribution < -0.4 is 4.74 Å². The Kier molecular flexibility index (Phi) is 3.87. The maximum atomic E-state index is 6.21. The first kappa shape index (κ1) is 13.4.